The zero-order chi connectivity index (χ0) is 14.7. The molecule has 0 aromatic heterocycles. The Morgan fingerprint density at radius 2 is 1.86 bits per heavy atom. The Hall–Kier alpha value is -1.38. The van der Waals surface area contributed by atoms with E-state index in [1.165, 1.54) is 29.2 Å². The Balaban J connectivity index is 1.91. The van der Waals surface area contributed by atoms with Gasteiger partial charge in [-0.1, -0.05) is 56.3 Å². The molecule has 3 rings (SSSR count). The average Bonchev–Trinajstić information content (AvgIpc) is 3.36. The second-order valence-corrected chi connectivity index (χ2v) is 6.00. The summed E-state index contributed by atoms with van der Waals surface area (Å²) in [6.07, 6.45) is 2.75. The maximum Gasteiger partial charge on any atom is 0.0455 e. The van der Waals surface area contributed by atoms with Crippen LogP contribution in [0.25, 0.3) is 10.8 Å². The minimum atomic E-state index is 0.418. The third kappa shape index (κ3) is 3.28. The van der Waals surface area contributed by atoms with E-state index in [2.05, 4.69) is 66.5 Å². The fraction of sp³-hybridized carbons (Fsp3) is 0.474. The lowest BCUT2D eigenvalue weighted by atomic mass is 9.98. The van der Waals surface area contributed by atoms with Crippen molar-refractivity contribution in [3.05, 3.63) is 48.0 Å². The van der Waals surface area contributed by atoms with E-state index >= 15 is 0 Å². The summed E-state index contributed by atoms with van der Waals surface area (Å²) in [6, 6.07) is 16.7. The Morgan fingerprint density at radius 1 is 1.10 bits per heavy atom. The van der Waals surface area contributed by atoms with Gasteiger partial charge in [0, 0.05) is 18.6 Å². The standard InChI is InChI=1S/C19H26N2/c1-3-20-19(14-21(4-2)16-12-13-16)18-11-7-9-15-8-5-6-10-17(15)18/h5-11,16,19-20H,3-4,12-14H2,1-2H3. The predicted molar refractivity (Wildman–Crippen MR) is 90.6 cm³/mol. The first-order valence-corrected chi connectivity index (χ1v) is 8.28. The largest absolute Gasteiger partial charge is 0.309 e. The van der Waals surface area contributed by atoms with Gasteiger partial charge in [0.25, 0.3) is 0 Å². The Kier molecular flexibility index (Phi) is 4.57. The van der Waals surface area contributed by atoms with Gasteiger partial charge in [0.1, 0.15) is 0 Å². The predicted octanol–water partition coefficient (Wildman–Crippen LogP) is 3.97. The maximum absolute atomic E-state index is 3.70. The Morgan fingerprint density at radius 3 is 2.57 bits per heavy atom. The van der Waals surface area contributed by atoms with Crippen LogP contribution in [0.5, 0.6) is 0 Å². The van der Waals surface area contributed by atoms with Crippen molar-refractivity contribution in [3.8, 4) is 0 Å². The number of nitrogens with one attached hydrogen (secondary N) is 1. The van der Waals surface area contributed by atoms with Crippen LogP contribution < -0.4 is 5.32 Å². The average molecular weight is 282 g/mol. The molecule has 2 aromatic rings. The van der Waals surface area contributed by atoms with E-state index in [-0.39, 0.29) is 0 Å². The first-order chi connectivity index (χ1) is 10.3. The minimum absolute atomic E-state index is 0.418. The number of benzene rings is 2. The van der Waals surface area contributed by atoms with E-state index in [0.717, 1.165) is 25.7 Å². The van der Waals surface area contributed by atoms with Gasteiger partial charge in [0.2, 0.25) is 0 Å². The Bertz CT molecular complexity index is 584. The molecule has 0 saturated heterocycles. The van der Waals surface area contributed by atoms with Crippen LogP contribution in [0.2, 0.25) is 0 Å². The summed E-state index contributed by atoms with van der Waals surface area (Å²) in [5, 5.41) is 6.42. The number of likely N-dealkylation sites (N-methyl/N-ethyl adjacent to an activating group) is 2. The van der Waals surface area contributed by atoms with E-state index in [9.17, 15) is 0 Å². The lowest BCUT2D eigenvalue weighted by Crippen LogP contribution is -2.36. The van der Waals surface area contributed by atoms with Crippen molar-refractivity contribution < 1.29 is 0 Å². The molecule has 1 N–H and O–H groups in total. The van der Waals surface area contributed by atoms with Crippen molar-refractivity contribution in [2.45, 2.75) is 38.8 Å². The lowest BCUT2D eigenvalue weighted by Gasteiger charge is -2.28. The van der Waals surface area contributed by atoms with Crippen molar-refractivity contribution in [1.82, 2.24) is 10.2 Å². The van der Waals surface area contributed by atoms with Gasteiger partial charge in [-0.2, -0.15) is 0 Å². The summed E-state index contributed by atoms with van der Waals surface area (Å²) in [5.41, 5.74) is 1.44. The van der Waals surface area contributed by atoms with Crippen LogP contribution in [0.4, 0.5) is 0 Å². The van der Waals surface area contributed by atoms with Gasteiger partial charge < -0.3 is 5.32 Å². The number of fused-ring (bicyclic) bond motifs is 1. The van der Waals surface area contributed by atoms with Gasteiger partial charge in [0.05, 0.1) is 0 Å². The van der Waals surface area contributed by atoms with Crippen LogP contribution in [0.15, 0.2) is 42.5 Å². The zero-order valence-electron chi connectivity index (χ0n) is 13.2. The van der Waals surface area contributed by atoms with Crippen molar-refractivity contribution in [3.63, 3.8) is 0 Å². The van der Waals surface area contributed by atoms with E-state index in [1.54, 1.807) is 0 Å². The third-order valence-electron chi connectivity index (χ3n) is 4.54. The van der Waals surface area contributed by atoms with E-state index in [4.69, 9.17) is 0 Å². The molecule has 1 unspecified atom stereocenters. The molecular formula is C19H26N2. The van der Waals surface area contributed by atoms with E-state index < -0.39 is 0 Å². The van der Waals surface area contributed by atoms with Gasteiger partial charge in [-0.05, 0) is 42.3 Å². The summed E-state index contributed by atoms with van der Waals surface area (Å²) < 4.78 is 0. The first kappa shape index (κ1) is 14.6. The lowest BCUT2D eigenvalue weighted by molar-refractivity contribution is 0.246. The highest BCUT2D eigenvalue weighted by atomic mass is 15.2. The maximum atomic E-state index is 3.70. The molecule has 21 heavy (non-hydrogen) atoms. The SMILES string of the molecule is CCNC(CN(CC)C1CC1)c1cccc2ccccc12. The number of hydrogen-bond donors (Lipinski definition) is 1. The van der Waals surface area contributed by atoms with Gasteiger partial charge in [-0.15, -0.1) is 0 Å². The molecule has 1 saturated carbocycles. The number of rotatable bonds is 7. The monoisotopic (exact) mass is 282 g/mol. The van der Waals surface area contributed by atoms with Gasteiger partial charge >= 0.3 is 0 Å². The van der Waals surface area contributed by atoms with Crippen LogP contribution in [0.3, 0.4) is 0 Å². The fourth-order valence-corrected chi connectivity index (χ4v) is 3.28. The topological polar surface area (TPSA) is 15.3 Å². The van der Waals surface area contributed by atoms with Crippen molar-refractivity contribution >= 4 is 10.8 Å². The molecule has 112 valence electrons. The van der Waals surface area contributed by atoms with Crippen LogP contribution in [-0.4, -0.2) is 30.6 Å². The van der Waals surface area contributed by atoms with Crippen LogP contribution in [0, 0.1) is 0 Å². The molecule has 1 aliphatic rings. The van der Waals surface area contributed by atoms with Crippen LogP contribution >= 0.6 is 0 Å². The zero-order valence-corrected chi connectivity index (χ0v) is 13.2. The molecular weight excluding hydrogens is 256 g/mol. The smallest absolute Gasteiger partial charge is 0.0455 e. The normalized spacial score (nSPS) is 16.5. The highest BCUT2D eigenvalue weighted by molar-refractivity contribution is 5.86. The van der Waals surface area contributed by atoms with E-state index in [1.807, 2.05) is 0 Å². The summed E-state index contributed by atoms with van der Waals surface area (Å²) in [6.45, 7) is 7.76. The molecule has 1 aliphatic carbocycles. The second-order valence-electron chi connectivity index (χ2n) is 6.00. The fourth-order valence-electron chi connectivity index (χ4n) is 3.28. The Labute approximate surface area is 128 Å². The molecule has 2 aromatic carbocycles. The summed E-state index contributed by atoms with van der Waals surface area (Å²) in [7, 11) is 0. The molecule has 1 fully saturated rings. The number of hydrogen-bond acceptors (Lipinski definition) is 2. The highest BCUT2D eigenvalue weighted by Crippen LogP contribution is 2.30. The van der Waals surface area contributed by atoms with Gasteiger partial charge in [-0.25, -0.2) is 0 Å². The molecule has 0 radical (unpaired) electrons. The van der Waals surface area contributed by atoms with Gasteiger partial charge in [0.15, 0.2) is 0 Å². The minimum Gasteiger partial charge on any atom is -0.309 e. The molecule has 2 nitrogen and oxygen atoms in total. The van der Waals surface area contributed by atoms with Gasteiger partial charge in [-0.3, -0.25) is 4.90 Å². The summed E-state index contributed by atoms with van der Waals surface area (Å²) >= 11 is 0. The van der Waals surface area contributed by atoms with E-state index in [0.29, 0.717) is 6.04 Å². The van der Waals surface area contributed by atoms with Crippen LogP contribution in [0.1, 0.15) is 38.3 Å². The molecule has 0 spiro atoms. The first-order valence-electron chi connectivity index (χ1n) is 8.28. The molecule has 1 atom stereocenters. The summed E-state index contributed by atoms with van der Waals surface area (Å²) in [4.78, 5) is 2.63. The third-order valence-corrected chi connectivity index (χ3v) is 4.54. The highest BCUT2D eigenvalue weighted by Gasteiger charge is 2.29. The summed E-state index contributed by atoms with van der Waals surface area (Å²) in [5.74, 6) is 0. The molecule has 0 bridgehead atoms. The molecule has 0 amide bonds. The van der Waals surface area contributed by atoms with Crippen molar-refractivity contribution in [2.24, 2.45) is 0 Å². The quantitative estimate of drug-likeness (QED) is 0.826. The molecule has 2 heteroatoms. The van der Waals surface area contributed by atoms with Crippen molar-refractivity contribution in [1.29, 1.82) is 0 Å². The molecule has 0 aliphatic heterocycles. The van der Waals surface area contributed by atoms with Crippen molar-refractivity contribution in [2.75, 3.05) is 19.6 Å². The number of nitrogens with zero attached hydrogens (tertiary/aromatic N) is 1. The van der Waals surface area contributed by atoms with Crippen LogP contribution in [-0.2, 0) is 0 Å². The molecule has 0 heterocycles. The second kappa shape index (κ2) is 6.59.